The summed E-state index contributed by atoms with van der Waals surface area (Å²) < 4.78 is 10.7. The van der Waals surface area contributed by atoms with Crippen molar-refractivity contribution in [3.05, 3.63) is 65.2 Å². The van der Waals surface area contributed by atoms with Gasteiger partial charge in [0.05, 0.1) is 7.11 Å². The number of esters is 1. The van der Waals surface area contributed by atoms with Crippen LogP contribution >= 0.6 is 0 Å². The Hall–Kier alpha value is -2.29. The zero-order valence-corrected chi connectivity index (χ0v) is 11.9. The Bertz CT molecular complexity index is 605. The van der Waals surface area contributed by atoms with Gasteiger partial charge in [-0.2, -0.15) is 0 Å². The third-order valence-corrected chi connectivity index (χ3v) is 3.24. The summed E-state index contributed by atoms with van der Waals surface area (Å²) in [6, 6.07) is 14.9. The highest BCUT2D eigenvalue weighted by molar-refractivity contribution is 5.92. The van der Waals surface area contributed by atoms with E-state index < -0.39 is 0 Å². The molecule has 0 fully saturated rings. The Balaban J connectivity index is 2.18. The summed E-state index contributed by atoms with van der Waals surface area (Å²) >= 11 is 0. The van der Waals surface area contributed by atoms with Crippen LogP contribution in [0.2, 0.25) is 0 Å². The molecule has 3 heteroatoms. The van der Waals surface area contributed by atoms with Crippen molar-refractivity contribution in [1.82, 2.24) is 0 Å². The minimum atomic E-state index is -0.377. The van der Waals surface area contributed by atoms with Crippen LogP contribution in [0.1, 0.15) is 34.5 Å². The van der Waals surface area contributed by atoms with Crippen LogP contribution in [0.3, 0.4) is 0 Å². The summed E-state index contributed by atoms with van der Waals surface area (Å²) in [5.74, 6) is 0.146. The molecule has 0 radical (unpaired) electrons. The molecule has 0 saturated heterocycles. The largest absolute Gasteiger partial charge is 0.496 e. The maximum atomic E-state index is 12.2. The number of hydrogen-bond donors (Lipinski definition) is 0. The van der Waals surface area contributed by atoms with Crippen LogP contribution in [0, 0.1) is 6.92 Å². The van der Waals surface area contributed by atoms with Gasteiger partial charge in [0.2, 0.25) is 0 Å². The van der Waals surface area contributed by atoms with E-state index in [2.05, 4.69) is 0 Å². The van der Waals surface area contributed by atoms with Gasteiger partial charge in [0, 0.05) is 0 Å². The first-order chi connectivity index (χ1) is 9.63. The fourth-order valence-electron chi connectivity index (χ4n) is 2.14. The van der Waals surface area contributed by atoms with Gasteiger partial charge in [0.25, 0.3) is 0 Å². The van der Waals surface area contributed by atoms with Crippen molar-refractivity contribution >= 4 is 5.97 Å². The predicted molar refractivity (Wildman–Crippen MR) is 78.0 cm³/mol. The van der Waals surface area contributed by atoms with E-state index >= 15 is 0 Å². The normalized spacial score (nSPS) is 11.8. The standard InChI is InChI=1S/C17H18O3/c1-12-8-4-5-9-14(12)13(2)20-17(18)15-10-6-7-11-16(15)19-3/h4-11,13H,1-3H3. The highest BCUT2D eigenvalue weighted by Gasteiger charge is 2.17. The molecule has 2 rings (SSSR count). The van der Waals surface area contributed by atoms with Crippen molar-refractivity contribution in [3.63, 3.8) is 0 Å². The van der Waals surface area contributed by atoms with Crippen molar-refractivity contribution < 1.29 is 14.3 Å². The van der Waals surface area contributed by atoms with Crippen LogP contribution in [-0.4, -0.2) is 13.1 Å². The summed E-state index contributed by atoms with van der Waals surface area (Å²) in [6.45, 7) is 3.87. The first-order valence-electron chi connectivity index (χ1n) is 6.53. The van der Waals surface area contributed by atoms with Gasteiger partial charge in [0.15, 0.2) is 0 Å². The van der Waals surface area contributed by atoms with E-state index in [1.807, 2.05) is 44.2 Å². The Morgan fingerprint density at radius 2 is 1.70 bits per heavy atom. The minimum Gasteiger partial charge on any atom is -0.496 e. The Labute approximate surface area is 119 Å². The molecule has 0 bridgehead atoms. The molecular formula is C17H18O3. The van der Waals surface area contributed by atoms with E-state index in [1.54, 1.807) is 18.2 Å². The second-order valence-electron chi connectivity index (χ2n) is 4.60. The Morgan fingerprint density at radius 1 is 1.05 bits per heavy atom. The van der Waals surface area contributed by atoms with Gasteiger partial charge in [0.1, 0.15) is 17.4 Å². The highest BCUT2D eigenvalue weighted by atomic mass is 16.5. The lowest BCUT2D eigenvalue weighted by atomic mass is 10.0. The molecule has 104 valence electrons. The molecule has 0 amide bonds. The molecule has 0 aromatic heterocycles. The van der Waals surface area contributed by atoms with Crippen LogP contribution in [0.15, 0.2) is 48.5 Å². The third-order valence-electron chi connectivity index (χ3n) is 3.24. The molecule has 0 aliphatic rings. The third kappa shape index (κ3) is 2.99. The van der Waals surface area contributed by atoms with E-state index in [0.717, 1.165) is 11.1 Å². The van der Waals surface area contributed by atoms with E-state index in [1.165, 1.54) is 7.11 Å². The molecule has 2 aromatic rings. The molecule has 0 aliphatic carbocycles. The van der Waals surface area contributed by atoms with E-state index in [-0.39, 0.29) is 12.1 Å². The number of hydrogen-bond acceptors (Lipinski definition) is 3. The number of methoxy groups -OCH3 is 1. The zero-order valence-electron chi connectivity index (χ0n) is 11.9. The number of carbonyl (C=O) groups is 1. The summed E-state index contributed by atoms with van der Waals surface area (Å²) in [7, 11) is 1.54. The molecule has 0 N–H and O–H groups in total. The van der Waals surface area contributed by atoms with E-state index in [9.17, 15) is 4.79 Å². The highest BCUT2D eigenvalue weighted by Crippen LogP contribution is 2.24. The Morgan fingerprint density at radius 3 is 2.40 bits per heavy atom. The molecular weight excluding hydrogens is 252 g/mol. The van der Waals surface area contributed by atoms with Crippen molar-refractivity contribution in [2.24, 2.45) is 0 Å². The zero-order chi connectivity index (χ0) is 14.5. The van der Waals surface area contributed by atoms with E-state index in [4.69, 9.17) is 9.47 Å². The second kappa shape index (κ2) is 6.24. The van der Waals surface area contributed by atoms with Gasteiger partial charge >= 0.3 is 5.97 Å². The van der Waals surface area contributed by atoms with Crippen LogP contribution in [-0.2, 0) is 4.74 Å². The van der Waals surface area contributed by atoms with E-state index in [0.29, 0.717) is 11.3 Å². The van der Waals surface area contributed by atoms with Crippen molar-refractivity contribution in [1.29, 1.82) is 0 Å². The molecule has 0 saturated carbocycles. The summed E-state index contributed by atoms with van der Waals surface area (Å²) in [5.41, 5.74) is 2.55. The quantitative estimate of drug-likeness (QED) is 0.790. The van der Waals surface area contributed by atoms with Gasteiger partial charge in [-0.15, -0.1) is 0 Å². The number of carbonyl (C=O) groups excluding carboxylic acids is 1. The van der Waals surface area contributed by atoms with Gasteiger partial charge < -0.3 is 9.47 Å². The van der Waals surface area contributed by atoms with Crippen molar-refractivity contribution in [2.75, 3.05) is 7.11 Å². The molecule has 20 heavy (non-hydrogen) atoms. The number of ether oxygens (including phenoxy) is 2. The van der Waals surface area contributed by atoms with Crippen molar-refractivity contribution in [3.8, 4) is 5.75 Å². The molecule has 2 aromatic carbocycles. The van der Waals surface area contributed by atoms with Gasteiger partial charge in [-0.05, 0) is 37.1 Å². The van der Waals surface area contributed by atoms with Crippen LogP contribution in [0.4, 0.5) is 0 Å². The lowest BCUT2D eigenvalue weighted by Crippen LogP contribution is -2.11. The second-order valence-corrected chi connectivity index (χ2v) is 4.60. The SMILES string of the molecule is COc1ccccc1C(=O)OC(C)c1ccccc1C. The molecule has 0 aliphatic heterocycles. The minimum absolute atomic E-state index is 0.298. The maximum Gasteiger partial charge on any atom is 0.342 e. The molecule has 3 nitrogen and oxygen atoms in total. The monoisotopic (exact) mass is 270 g/mol. The average Bonchev–Trinajstić information content (AvgIpc) is 2.47. The van der Waals surface area contributed by atoms with Crippen LogP contribution in [0.25, 0.3) is 0 Å². The van der Waals surface area contributed by atoms with Gasteiger partial charge in [-0.25, -0.2) is 4.79 Å². The molecule has 1 atom stereocenters. The summed E-state index contributed by atoms with van der Waals surface area (Å²) in [6.07, 6.45) is -0.298. The number of aryl methyl sites for hydroxylation is 1. The maximum absolute atomic E-state index is 12.2. The fourth-order valence-corrected chi connectivity index (χ4v) is 2.14. The lowest BCUT2D eigenvalue weighted by Gasteiger charge is -2.16. The van der Waals surface area contributed by atoms with Crippen molar-refractivity contribution in [2.45, 2.75) is 20.0 Å². The number of benzene rings is 2. The first kappa shape index (κ1) is 14.1. The smallest absolute Gasteiger partial charge is 0.342 e. The van der Waals surface area contributed by atoms with Gasteiger partial charge in [-0.3, -0.25) is 0 Å². The summed E-state index contributed by atoms with van der Waals surface area (Å²) in [4.78, 5) is 12.2. The fraction of sp³-hybridized carbons (Fsp3) is 0.235. The first-order valence-corrected chi connectivity index (χ1v) is 6.53. The number of rotatable bonds is 4. The Kier molecular flexibility index (Phi) is 4.41. The number of para-hydroxylation sites is 1. The topological polar surface area (TPSA) is 35.5 Å². The summed E-state index contributed by atoms with van der Waals surface area (Å²) in [5, 5.41) is 0. The molecule has 0 heterocycles. The van der Waals surface area contributed by atoms with Crippen LogP contribution < -0.4 is 4.74 Å². The predicted octanol–water partition coefficient (Wildman–Crippen LogP) is 3.92. The lowest BCUT2D eigenvalue weighted by molar-refractivity contribution is 0.0333. The van der Waals surface area contributed by atoms with Crippen LogP contribution in [0.5, 0.6) is 5.75 Å². The van der Waals surface area contributed by atoms with Gasteiger partial charge in [-0.1, -0.05) is 36.4 Å². The average molecular weight is 270 g/mol. The molecule has 0 spiro atoms. The molecule has 1 unspecified atom stereocenters.